The molecule has 1 aromatic heterocycles. The number of hydrogen-bond acceptors (Lipinski definition) is 2. The summed E-state index contributed by atoms with van der Waals surface area (Å²) in [6, 6.07) is 3.50. The highest BCUT2D eigenvalue weighted by Crippen LogP contribution is 2.27. The topological polar surface area (TPSA) is 24.9 Å². The lowest BCUT2D eigenvalue weighted by molar-refractivity contribution is 0.432. The monoisotopic (exact) mass is 294 g/mol. The Morgan fingerprint density at radius 3 is 2.57 bits per heavy atom. The van der Waals surface area contributed by atoms with E-state index in [1.54, 1.807) is 12.4 Å². The maximum atomic E-state index is 14.1. The van der Waals surface area contributed by atoms with Crippen molar-refractivity contribution in [1.82, 2.24) is 10.3 Å². The minimum absolute atomic E-state index is 0.0785. The van der Waals surface area contributed by atoms with E-state index in [9.17, 15) is 13.2 Å². The third-order valence-electron chi connectivity index (χ3n) is 3.20. The molecule has 2 nitrogen and oxygen atoms in total. The summed E-state index contributed by atoms with van der Waals surface area (Å²) < 4.78 is 40.6. The Labute approximate surface area is 122 Å². The van der Waals surface area contributed by atoms with E-state index >= 15 is 0 Å². The van der Waals surface area contributed by atoms with Crippen LogP contribution >= 0.6 is 0 Å². The number of rotatable bonds is 5. The third kappa shape index (κ3) is 3.42. The summed E-state index contributed by atoms with van der Waals surface area (Å²) in [5.74, 6) is -3.80. The van der Waals surface area contributed by atoms with Crippen LogP contribution in [-0.2, 0) is 0 Å². The van der Waals surface area contributed by atoms with Gasteiger partial charge in [-0.3, -0.25) is 4.98 Å². The van der Waals surface area contributed by atoms with Crippen molar-refractivity contribution in [2.24, 2.45) is 0 Å². The Balaban J connectivity index is 2.48. The Hall–Kier alpha value is -1.88. The van der Waals surface area contributed by atoms with Gasteiger partial charge in [-0.05, 0) is 37.1 Å². The third-order valence-corrected chi connectivity index (χ3v) is 3.20. The first-order valence-electron chi connectivity index (χ1n) is 6.83. The number of pyridine rings is 1. The van der Waals surface area contributed by atoms with Gasteiger partial charge in [0.2, 0.25) is 0 Å². The molecule has 112 valence electrons. The number of hydrogen-bond donors (Lipinski definition) is 1. The number of nitrogens with one attached hydrogen (secondary N) is 1. The molecule has 5 heteroatoms. The second-order valence-electron chi connectivity index (χ2n) is 4.95. The molecule has 21 heavy (non-hydrogen) atoms. The van der Waals surface area contributed by atoms with Crippen molar-refractivity contribution in [3.05, 3.63) is 64.7 Å². The number of aryl methyl sites for hydroxylation is 1. The lowest BCUT2D eigenvalue weighted by atomic mass is 9.98. The summed E-state index contributed by atoms with van der Waals surface area (Å²) in [6.07, 6.45) is 4.12. The standard InChI is InChI=1S/C16H17F3N2/c1-3-6-21-16(11-7-10(2)8-20-9-11)12-4-5-13(17)15(19)14(12)18/h4-5,7-9,16,21H,3,6H2,1-2H3. The van der Waals surface area contributed by atoms with Crippen LogP contribution in [0.3, 0.4) is 0 Å². The molecular weight excluding hydrogens is 277 g/mol. The van der Waals surface area contributed by atoms with E-state index in [1.807, 2.05) is 19.9 Å². The molecule has 0 fully saturated rings. The Kier molecular flexibility index (Phi) is 4.96. The fourth-order valence-electron chi connectivity index (χ4n) is 2.20. The summed E-state index contributed by atoms with van der Waals surface area (Å²) in [5.41, 5.74) is 1.71. The molecule has 0 saturated heterocycles. The molecule has 1 aromatic carbocycles. The molecular formula is C16H17F3N2. The van der Waals surface area contributed by atoms with Crippen LogP contribution in [0.1, 0.15) is 36.1 Å². The van der Waals surface area contributed by atoms with Crippen LogP contribution in [0, 0.1) is 24.4 Å². The number of halogens is 3. The van der Waals surface area contributed by atoms with Crippen molar-refractivity contribution in [2.45, 2.75) is 26.3 Å². The molecule has 1 N–H and O–H groups in total. The maximum Gasteiger partial charge on any atom is 0.194 e. The molecule has 0 spiro atoms. The lowest BCUT2D eigenvalue weighted by Gasteiger charge is -2.20. The molecule has 0 aliphatic rings. The van der Waals surface area contributed by atoms with Gasteiger partial charge in [0.15, 0.2) is 17.5 Å². The fourth-order valence-corrected chi connectivity index (χ4v) is 2.20. The Bertz CT molecular complexity index is 629. The zero-order chi connectivity index (χ0) is 15.4. The van der Waals surface area contributed by atoms with Crippen LogP contribution in [0.25, 0.3) is 0 Å². The molecule has 0 aliphatic carbocycles. The molecule has 1 atom stereocenters. The molecule has 2 rings (SSSR count). The van der Waals surface area contributed by atoms with Gasteiger partial charge in [0.1, 0.15) is 0 Å². The Morgan fingerprint density at radius 2 is 1.90 bits per heavy atom. The van der Waals surface area contributed by atoms with Gasteiger partial charge in [-0.2, -0.15) is 0 Å². The fraction of sp³-hybridized carbons (Fsp3) is 0.312. The minimum Gasteiger partial charge on any atom is -0.306 e. The van der Waals surface area contributed by atoms with E-state index < -0.39 is 23.5 Å². The van der Waals surface area contributed by atoms with Gasteiger partial charge in [0.25, 0.3) is 0 Å². The molecule has 0 radical (unpaired) electrons. The summed E-state index contributed by atoms with van der Waals surface area (Å²) in [5, 5.41) is 3.15. The average Bonchev–Trinajstić information content (AvgIpc) is 2.47. The van der Waals surface area contributed by atoms with Crippen LogP contribution < -0.4 is 5.32 Å². The quantitative estimate of drug-likeness (QED) is 0.846. The van der Waals surface area contributed by atoms with Crippen LogP contribution in [0.15, 0.2) is 30.6 Å². The summed E-state index contributed by atoms with van der Waals surface area (Å²) >= 11 is 0. The zero-order valence-corrected chi connectivity index (χ0v) is 12.0. The second kappa shape index (κ2) is 6.72. The number of aromatic nitrogens is 1. The first-order valence-corrected chi connectivity index (χ1v) is 6.83. The van der Waals surface area contributed by atoms with E-state index in [-0.39, 0.29) is 5.56 Å². The van der Waals surface area contributed by atoms with E-state index in [1.165, 1.54) is 6.07 Å². The second-order valence-corrected chi connectivity index (χ2v) is 4.95. The van der Waals surface area contributed by atoms with Gasteiger partial charge in [0, 0.05) is 18.0 Å². The SMILES string of the molecule is CCCNC(c1cncc(C)c1)c1ccc(F)c(F)c1F. The molecule has 0 amide bonds. The largest absolute Gasteiger partial charge is 0.306 e. The van der Waals surface area contributed by atoms with Crippen LogP contribution in [0.4, 0.5) is 13.2 Å². The van der Waals surface area contributed by atoms with Gasteiger partial charge in [-0.1, -0.05) is 19.1 Å². The van der Waals surface area contributed by atoms with Gasteiger partial charge in [-0.25, -0.2) is 13.2 Å². The highest BCUT2D eigenvalue weighted by atomic mass is 19.2. The van der Waals surface area contributed by atoms with Gasteiger partial charge in [-0.15, -0.1) is 0 Å². The highest BCUT2D eigenvalue weighted by Gasteiger charge is 2.22. The lowest BCUT2D eigenvalue weighted by Crippen LogP contribution is -2.25. The van der Waals surface area contributed by atoms with Crippen LogP contribution in [-0.4, -0.2) is 11.5 Å². The van der Waals surface area contributed by atoms with Crippen LogP contribution in [0.2, 0.25) is 0 Å². The first kappa shape index (κ1) is 15.5. The normalized spacial score (nSPS) is 12.4. The summed E-state index contributed by atoms with van der Waals surface area (Å²) in [6.45, 7) is 4.46. The van der Waals surface area contributed by atoms with E-state index in [2.05, 4.69) is 10.3 Å². The molecule has 0 aliphatic heterocycles. The van der Waals surface area contributed by atoms with Crippen molar-refractivity contribution >= 4 is 0 Å². The number of benzene rings is 1. The zero-order valence-electron chi connectivity index (χ0n) is 12.0. The van der Waals surface area contributed by atoms with Gasteiger partial charge < -0.3 is 5.32 Å². The maximum absolute atomic E-state index is 14.1. The van der Waals surface area contributed by atoms with Crippen molar-refractivity contribution in [3.8, 4) is 0 Å². The van der Waals surface area contributed by atoms with Gasteiger partial charge in [0.05, 0.1) is 6.04 Å². The predicted molar refractivity (Wildman–Crippen MR) is 75.4 cm³/mol. The van der Waals surface area contributed by atoms with E-state index in [0.717, 1.165) is 18.1 Å². The Morgan fingerprint density at radius 1 is 1.14 bits per heavy atom. The van der Waals surface area contributed by atoms with Crippen molar-refractivity contribution < 1.29 is 13.2 Å². The molecule has 2 aromatic rings. The number of nitrogens with zero attached hydrogens (tertiary/aromatic N) is 1. The smallest absolute Gasteiger partial charge is 0.194 e. The molecule has 0 bridgehead atoms. The van der Waals surface area contributed by atoms with Crippen LogP contribution in [0.5, 0.6) is 0 Å². The summed E-state index contributed by atoms with van der Waals surface area (Å²) in [4.78, 5) is 4.08. The van der Waals surface area contributed by atoms with Gasteiger partial charge >= 0.3 is 0 Å². The first-order chi connectivity index (χ1) is 10.0. The van der Waals surface area contributed by atoms with Crippen molar-refractivity contribution in [2.75, 3.05) is 6.54 Å². The van der Waals surface area contributed by atoms with Crippen molar-refractivity contribution in [1.29, 1.82) is 0 Å². The summed E-state index contributed by atoms with van der Waals surface area (Å²) in [7, 11) is 0. The molecule has 1 heterocycles. The van der Waals surface area contributed by atoms with E-state index in [0.29, 0.717) is 12.1 Å². The van der Waals surface area contributed by atoms with E-state index in [4.69, 9.17) is 0 Å². The highest BCUT2D eigenvalue weighted by molar-refractivity contribution is 5.33. The minimum atomic E-state index is -1.45. The average molecular weight is 294 g/mol. The predicted octanol–water partition coefficient (Wildman–Crippen LogP) is 3.90. The van der Waals surface area contributed by atoms with Crippen molar-refractivity contribution in [3.63, 3.8) is 0 Å². The molecule has 0 saturated carbocycles. The molecule has 1 unspecified atom stereocenters.